The van der Waals surface area contributed by atoms with Crippen LogP contribution >= 0.6 is 0 Å². The molecule has 0 radical (unpaired) electrons. The van der Waals surface area contributed by atoms with Crippen molar-refractivity contribution in [3.8, 4) is 0 Å². The Bertz CT molecular complexity index is 90.7. The Morgan fingerprint density at radius 1 is 1.38 bits per heavy atom. The molecule has 0 aliphatic carbocycles. The zero-order chi connectivity index (χ0) is 6.78. The molecule has 0 unspecified atom stereocenters. The molecule has 0 rings (SSSR count). The summed E-state index contributed by atoms with van der Waals surface area (Å²) < 4.78 is 44.4. The standard InChI is InChI=1S/C4H4F4/c1-3(2-5)4(6,7)8/h1-2H2. The Labute approximate surface area is 43.8 Å². The van der Waals surface area contributed by atoms with Gasteiger partial charge in [-0.2, -0.15) is 13.2 Å². The second-order valence-electron chi connectivity index (χ2n) is 1.23. The summed E-state index contributed by atoms with van der Waals surface area (Å²) in [6, 6.07) is 0. The average Bonchev–Trinajstić information content (AvgIpc) is 1.62. The highest BCUT2D eigenvalue weighted by Crippen LogP contribution is 2.23. The molecular weight excluding hydrogens is 124 g/mol. The lowest BCUT2D eigenvalue weighted by molar-refractivity contribution is -0.0945. The van der Waals surface area contributed by atoms with Gasteiger partial charge in [-0.1, -0.05) is 6.58 Å². The molecule has 0 spiro atoms. The van der Waals surface area contributed by atoms with Gasteiger partial charge in [0.2, 0.25) is 0 Å². The average molecular weight is 128 g/mol. The lowest BCUT2D eigenvalue weighted by Gasteiger charge is -2.03. The number of rotatable bonds is 1. The first kappa shape index (κ1) is 7.46. The minimum absolute atomic E-state index is 1.34. The lowest BCUT2D eigenvalue weighted by Crippen LogP contribution is -2.11. The third kappa shape index (κ3) is 1.95. The Morgan fingerprint density at radius 3 is 1.75 bits per heavy atom. The quantitative estimate of drug-likeness (QED) is 0.374. The molecule has 0 N–H and O–H groups in total. The van der Waals surface area contributed by atoms with Crippen molar-refractivity contribution in [2.24, 2.45) is 0 Å². The molecule has 0 saturated heterocycles. The molecule has 0 aliphatic rings. The van der Waals surface area contributed by atoms with E-state index >= 15 is 0 Å². The maximum Gasteiger partial charge on any atom is 0.414 e. The number of alkyl halides is 4. The molecule has 0 aromatic rings. The van der Waals surface area contributed by atoms with Crippen molar-refractivity contribution in [3.05, 3.63) is 12.2 Å². The van der Waals surface area contributed by atoms with Crippen LogP contribution in [0.5, 0.6) is 0 Å². The summed E-state index contributed by atoms with van der Waals surface area (Å²) in [7, 11) is 0. The highest BCUT2D eigenvalue weighted by molar-refractivity contribution is 5.01. The summed E-state index contributed by atoms with van der Waals surface area (Å²) in [5, 5.41) is 0. The van der Waals surface area contributed by atoms with Crippen molar-refractivity contribution in [1.29, 1.82) is 0 Å². The molecule has 0 aliphatic heterocycles. The maximum atomic E-state index is 11.1. The van der Waals surface area contributed by atoms with E-state index < -0.39 is 18.4 Å². The summed E-state index contributed by atoms with van der Waals surface area (Å²) in [6.45, 7) is 0.920. The predicted molar refractivity (Wildman–Crippen MR) is 21.2 cm³/mol. The number of hydrogen-bond donors (Lipinski definition) is 0. The molecule has 8 heavy (non-hydrogen) atoms. The summed E-state index contributed by atoms with van der Waals surface area (Å²) in [5.74, 6) is 0. The van der Waals surface area contributed by atoms with Crippen LogP contribution in [0.2, 0.25) is 0 Å². The van der Waals surface area contributed by atoms with E-state index in [0.29, 0.717) is 0 Å². The van der Waals surface area contributed by atoms with E-state index in [0.717, 1.165) is 0 Å². The fourth-order valence-electron chi connectivity index (χ4n) is 0.0758. The van der Waals surface area contributed by atoms with E-state index in [1.165, 1.54) is 0 Å². The molecule has 0 saturated carbocycles. The van der Waals surface area contributed by atoms with Crippen molar-refractivity contribution >= 4 is 0 Å². The number of hydrogen-bond acceptors (Lipinski definition) is 0. The summed E-state index contributed by atoms with van der Waals surface area (Å²) >= 11 is 0. The molecule has 0 nitrogen and oxygen atoms in total. The summed E-state index contributed by atoms with van der Waals surface area (Å²) in [5.41, 5.74) is -1.34. The third-order valence-electron chi connectivity index (χ3n) is 0.562. The SMILES string of the molecule is C=C(CF)C(F)(F)F. The van der Waals surface area contributed by atoms with E-state index in [1.54, 1.807) is 0 Å². The Hall–Kier alpha value is -0.540. The van der Waals surface area contributed by atoms with Crippen LogP contribution in [-0.4, -0.2) is 12.9 Å². The van der Waals surface area contributed by atoms with Gasteiger partial charge in [0.1, 0.15) is 6.67 Å². The first-order valence-corrected chi connectivity index (χ1v) is 1.79. The van der Waals surface area contributed by atoms with Crippen molar-refractivity contribution in [3.63, 3.8) is 0 Å². The normalized spacial score (nSPS) is 11.5. The molecule has 0 aromatic carbocycles. The topological polar surface area (TPSA) is 0 Å². The minimum atomic E-state index is -4.56. The van der Waals surface area contributed by atoms with Gasteiger partial charge in [0.25, 0.3) is 0 Å². The molecule has 0 heterocycles. The van der Waals surface area contributed by atoms with Gasteiger partial charge >= 0.3 is 6.18 Å². The highest BCUT2D eigenvalue weighted by atomic mass is 19.4. The number of allylic oxidation sites excluding steroid dienone is 1. The van der Waals surface area contributed by atoms with Gasteiger partial charge < -0.3 is 0 Å². The van der Waals surface area contributed by atoms with Gasteiger partial charge in [-0.25, -0.2) is 4.39 Å². The smallest absolute Gasteiger partial charge is 0.246 e. The van der Waals surface area contributed by atoms with Gasteiger partial charge in [0, 0.05) is 0 Å². The summed E-state index contributed by atoms with van der Waals surface area (Å²) in [4.78, 5) is 0. The van der Waals surface area contributed by atoms with Crippen LogP contribution in [0.25, 0.3) is 0 Å². The molecule has 0 amide bonds. The first-order chi connectivity index (χ1) is 3.48. The van der Waals surface area contributed by atoms with Gasteiger partial charge in [0.15, 0.2) is 0 Å². The molecule has 0 fully saturated rings. The highest BCUT2D eigenvalue weighted by Gasteiger charge is 2.31. The van der Waals surface area contributed by atoms with Crippen molar-refractivity contribution in [2.75, 3.05) is 6.67 Å². The zero-order valence-corrected chi connectivity index (χ0v) is 3.93. The van der Waals surface area contributed by atoms with Crippen LogP contribution in [0.3, 0.4) is 0 Å². The molecule has 48 valence electrons. The first-order valence-electron chi connectivity index (χ1n) is 1.79. The predicted octanol–water partition coefficient (Wildman–Crippen LogP) is 2.07. The van der Waals surface area contributed by atoms with Crippen LogP contribution in [0, 0.1) is 0 Å². The van der Waals surface area contributed by atoms with Gasteiger partial charge in [-0.15, -0.1) is 0 Å². The molecule has 0 atom stereocenters. The molecule has 0 aromatic heterocycles. The van der Waals surface area contributed by atoms with Crippen molar-refractivity contribution < 1.29 is 17.6 Å². The third-order valence-corrected chi connectivity index (χ3v) is 0.562. The van der Waals surface area contributed by atoms with Gasteiger partial charge in [-0.3, -0.25) is 0 Å². The maximum absolute atomic E-state index is 11.1. The molecular formula is C4H4F4. The van der Waals surface area contributed by atoms with E-state index in [9.17, 15) is 17.6 Å². The van der Waals surface area contributed by atoms with E-state index in [1.807, 2.05) is 0 Å². The molecule has 4 heteroatoms. The lowest BCUT2D eigenvalue weighted by atomic mass is 10.3. The largest absolute Gasteiger partial charge is 0.414 e. The fourth-order valence-corrected chi connectivity index (χ4v) is 0.0758. The number of halogens is 4. The fraction of sp³-hybridized carbons (Fsp3) is 0.500. The van der Waals surface area contributed by atoms with Crippen LogP contribution in [0.15, 0.2) is 12.2 Å². The van der Waals surface area contributed by atoms with E-state index in [2.05, 4.69) is 6.58 Å². The van der Waals surface area contributed by atoms with Crippen LogP contribution in [0.4, 0.5) is 17.6 Å². The van der Waals surface area contributed by atoms with Crippen molar-refractivity contribution in [2.45, 2.75) is 6.18 Å². The zero-order valence-electron chi connectivity index (χ0n) is 3.93. The van der Waals surface area contributed by atoms with Crippen LogP contribution in [-0.2, 0) is 0 Å². The Kier molecular flexibility index (Phi) is 2.01. The second-order valence-corrected chi connectivity index (χ2v) is 1.23. The monoisotopic (exact) mass is 128 g/mol. The molecule has 0 bridgehead atoms. The minimum Gasteiger partial charge on any atom is -0.246 e. The van der Waals surface area contributed by atoms with Gasteiger partial charge in [0.05, 0.1) is 5.57 Å². The van der Waals surface area contributed by atoms with Crippen LogP contribution in [0.1, 0.15) is 0 Å². The second kappa shape index (κ2) is 2.15. The van der Waals surface area contributed by atoms with E-state index in [-0.39, 0.29) is 0 Å². The Balaban J connectivity index is 3.82. The van der Waals surface area contributed by atoms with Crippen molar-refractivity contribution in [1.82, 2.24) is 0 Å². The van der Waals surface area contributed by atoms with Gasteiger partial charge in [-0.05, 0) is 0 Å². The van der Waals surface area contributed by atoms with E-state index in [4.69, 9.17) is 0 Å². The summed E-state index contributed by atoms with van der Waals surface area (Å²) in [6.07, 6.45) is -4.56. The Morgan fingerprint density at radius 2 is 1.75 bits per heavy atom. The van der Waals surface area contributed by atoms with Crippen LogP contribution < -0.4 is 0 Å².